The van der Waals surface area contributed by atoms with Crippen molar-refractivity contribution in [2.75, 3.05) is 10.6 Å². The largest absolute Gasteiger partial charge is 0.325 e. The Bertz CT molecular complexity index is 1530. The fourth-order valence-corrected chi connectivity index (χ4v) is 5.18. The van der Waals surface area contributed by atoms with Crippen molar-refractivity contribution in [3.63, 3.8) is 0 Å². The number of anilines is 2. The van der Waals surface area contributed by atoms with Crippen LogP contribution < -0.4 is 16.0 Å². The Morgan fingerprint density at radius 2 is 1.55 bits per heavy atom. The molecule has 0 aliphatic rings. The van der Waals surface area contributed by atoms with Gasteiger partial charge < -0.3 is 16.0 Å². The molecule has 0 saturated heterocycles. The molecule has 9 heteroatoms. The summed E-state index contributed by atoms with van der Waals surface area (Å²) >= 11 is 2.79. The molecule has 3 N–H and O–H groups in total. The molecular formula is C31H27N3O4S2. The number of Topliss-reactive ketones (excluding diaryl/α,β-unsaturated/α-hetero) is 1. The maximum absolute atomic E-state index is 13.2. The van der Waals surface area contributed by atoms with Crippen LogP contribution in [0.15, 0.2) is 107 Å². The Kier molecular flexibility index (Phi) is 9.66. The van der Waals surface area contributed by atoms with Crippen molar-refractivity contribution in [1.29, 1.82) is 0 Å². The van der Waals surface area contributed by atoms with Crippen molar-refractivity contribution in [2.24, 2.45) is 0 Å². The number of carbonyl (C=O) groups is 4. The second kappa shape index (κ2) is 13.5. The van der Waals surface area contributed by atoms with Gasteiger partial charge in [-0.15, -0.1) is 23.1 Å². The fraction of sp³-hybridized carbons (Fsp3) is 0.0968. The van der Waals surface area contributed by atoms with E-state index in [2.05, 4.69) is 16.0 Å². The first-order chi connectivity index (χ1) is 19.3. The Morgan fingerprint density at radius 1 is 0.800 bits per heavy atom. The maximum atomic E-state index is 13.2. The first-order valence-electron chi connectivity index (χ1n) is 12.4. The zero-order valence-electron chi connectivity index (χ0n) is 21.8. The first kappa shape index (κ1) is 28.5. The lowest BCUT2D eigenvalue weighted by molar-refractivity contribution is -0.115. The molecule has 0 radical (unpaired) electrons. The number of thiophene rings is 1. The quantitative estimate of drug-likeness (QED) is 0.115. The van der Waals surface area contributed by atoms with Crippen molar-refractivity contribution in [2.45, 2.75) is 24.0 Å². The predicted molar refractivity (Wildman–Crippen MR) is 162 cm³/mol. The van der Waals surface area contributed by atoms with E-state index in [1.54, 1.807) is 79.7 Å². The van der Waals surface area contributed by atoms with E-state index < -0.39 is 17.1 Å². The first-order valence-corrected chi connectivity index (χ1v) is 14.2. The standard InChI is InChI=1S/C31H27N3O4S2/c1-20(35)22-13-15-24(16-14-22)32-29(36)21(2)40-27-11-6-10-25(18-27)33-31(38)28(19-26-12-7-17-39-26)34-30(37)23-8-4-3-5-9-23/h3-19,21H,1-2H3,(H,32,36)(H,33,38)(H,34,37)/b28-19-. The molecule has 3 aromatic carbocycles. The topological polar surface area (TPSA) is 104 Å². The van der Waals surface area contributed by atoms with E-state index in [-0.39, 0.29) is 17.4 Å². The summed E-state index contributed by atoms with van der Waals surface area (Å²) < 4.78 is 0. The van der Waals surface area contributed by atoms with Crippen molar-refractivity contribution in [1.82, 2.24) is 5.32 Å². The number of thioether (sulfide) groups is 1. The van der Waals surface area contributed by atoms with Crippen LogP contribution in [0.3, 0.4) is 0 Å². The Balaban J connectivity index is 1.42. The molecule has 1 unspecified atom stereocenters. The van der Waals surface area contributed by atoms with Gasteiger partial charge in [0.1, 0.15) is 5.70 Å². The lowest BCUT2D eigenvalue weighted by Crippen LogP contribution is -2.30. The van der Waals surface area contributed by atoms with Crippen molar-refractivity contribution >= 4 is 64.1 Å². The molecule has 40 heavy (non-hydrogen) atoms. The Morgan fingerprint density at radius 3 is 2.23 bits per heavy atom. The van der Waals surface area contributed by atoms with Crippen LogP contribution in [0.25, 0.3) is 6.08 Å². The fourth-order valence-electron chi connectivity index (χ4n) is 3.59. The maximum Gasteiger partial charge on any atom is 0.272 e. The van der Waals surface area contributed by atoms with E-state index >= 15 is 0 Å². The molecule has 0 spiro atoms. The normalized spacial score (nSPS) is 11.8. The van der Waals surface area contributed by atoms with Crippen molar-refractivity contribution in [3.05, 3.63) is 118 Å². The van der Waals surface area contributed by atoms with E-state index in [9.17, 15) is 19.2 Å². The molecule has 7 nitrogen and oxygen atoms in total. The summed E-state index contributed by atoms with van der Waals surface area (Å²) in [7, 11) is 0. The summed E-state index contributed by atoms with van der Waals surface area (Å²) in [5.74, 6) is -1.10. The minimum Gasteiger partial charge on any atom is -0.325 e. The number of benzene rings is 3. The third-order valence-corrected chi connectivity index (χ3v) is 7.60. The van der Waals surface area contributed by atoms with Crippen LogP contribution >= 0.6 is 23.1 Å². The molecule has 0 aliphatic carbocycles. The van der Waals surface area contributed by atoms with Crippen LogP contribution in [0.2, 0.25) is 0 Å². The molecular weight excluding hydrogens is 542 g/mol. The molecule has 1 atom stereocenters. The monoisotopic (exact) mass is 569 g/mol. The van der Waals surface area contributed by atoms with E-state index in [0.29, 0.717) is 22.5 Å². The van der Waals surface area contributed by atoms with Crippen LogP contribution in [-0.4, -0.2) is 28.8 Å². The van der Waals surface area contributed by atoms with Crippen LogP contribution in [0, 0.1) is 0 Å². The molecule has 1 aromatic heterocycles. The number of amides is 3. The Labute approximate surface area is 240 Å². The third-order valence-electron chi connectivity index (χ3n) is 5.69. The number of nitrogens with one attached hydrogen (secondary N) is 3. The molecule has 0 aliphatic heterocycles. The summed E-state index contributed by atoms with van der Waals surface area (Å²) in [6.45, 7) is 3.28. The molecule has 3 amide bonds. The summed E-state index contributed by atoms with van der Waals surface area (Å²) in [5.41, 5.74) is 2.25. The number of ketones is 1. The van der Waals surface area contributed by atoms with Crippen LogP contribution in [0.4, 0.5) is 11.4 Å². The van der Waals surface area contributed by atoms with Crippen molar-refractivity contribution < 1.29 is 19.2 Å². The lowest BCUT2D eigenvalue weighted by Gasteiger charge is -2.14. The minimum absolute atomic E-state index is 0.0403. The second-order valence-electron chi connectivity index (χ2n) is 8.76. The van der Waals surface area contributed by atoms with Crippen LogP contribution in [0.5, 0.6) is 0 Å². The van der Waals surface area contributed by atoms with Gasteiger partial charge in [-0.2, -0.15) is 0 Å². The number of hydrogen-bond acceptors (Lipinski definition) is 6. The summed E-state index contributed by atoms with van der Waals surface area (Å²) in [6.07, 6.45) is 1.63. The average molecular weight is 570 g/mol. The zero-order valence-corrected chi connectivity index (χ0v) is 23.5. The highest BCUT2D eigenvalue weighted by molar-refractivity contribution is 8.00. The third kappa shape index (κ3) is 8.02. The van der Waals surface area contributed by atoms with Gasteiger partial charge in [0, 0.05) is 32.3 Å². The highest BCUT2D eigenvalue weighted by Gasteiger charge is 2.17. The number of carbonyl (C=O) groups excluding carboxylic acids is 4. The van der Waals surface area contributed by atoms with Gasteiger partial charge in [-0.25, -0.2) is 0 Å². The molecule has 0 bridgehead atoms. The molecule has 202 valence electrons. The number of rotatable bonds is 10. The molecule has 1 heterocycles. The summed E-state index contributed by atoms with van der Waals surface area (Å²) in [6, 6.07) is 26.3. The van der Waals surface area contributed by atoms with Gasteiger partial charge in [0.15, 0.2) is 5.78 Å². The van der Waals surface area contributed by atoms with Gasteiger partial charge >= 0.3 is 0 Å². The van der Waals surface area contributed by atoms with Gasteiger partial charge in [0.05, 0.1) is 5.25 Å². The van der Waals surface area contributed by atoms with Crippen LogP contribution in [0.1, 0.15) is 39.4 Å². The van der Waals surface area contributed by atoms with Crippen molar-refractivity contribution in [3.8, 4) is 0 Å². The van der Waals surface area contributed by atoms with E-state index in [4.69, 9.17) is 0 Å². The van der Waals surface area contributed by atoms with E-state index in [0.717, 1.165) is 9.77 Å². The molecule has 0 saturated carbocycles. The second-order valence-corrected chi connectivity index (χ2v) is 11.2. The van der Waals surface area contributed by atoms with Gasteiger partial charge in [-0.1, -0.05) is 30.3 Å². The highest BCUT2D eigenvalue weighted by Crippen LogP contribution is 2.27. The van der Waals surface area contributed by atoms with Gasteiger partial charge in [0.2, 0.25) is 5.91 Å². The predicted octanol–water partition coefficient (Wildman–Crippen LogP) is 6.48. The highest BCUT2D eigenvalue weighted by atomic mass is 32.2. The smallest absolute Gasteiger partial charge is 0.272 e. The molecule has 0 fully saturated rings. The van der Waals surface area contributed by atoms with Gasteiger partial charge in [-0.3, -0.25) is 19.2 Å². The molecule has 4 aromatic rings. The summed E-state index contributed by atoms with van der Waals surface area (Å²) in [5, 5.41) is 9.89. The zero-order chi connectivity index (χ0) is 28.5. The Hall–Kier alpha value is -4.47. The van der Waals surface area contributed by atoms with Gasteiger partial charge in [-0.05, 0) is 86.0 Å². The number of hydrogen-bond donors (Lipinski definition) is 3. The van der Waals surface area contributed by atoms with E-state index in [1.807, 2.05) is 29.6 Å². The SMILES string of the molecule is CC(=O)c1ccc(NC(=O)C(C)Sc2cccc(NC(=O)/C(=C/c3cccs3)NC(=O)c3ccccc3)c2)cc1. The van der Waals surface area contributed by atoms with Crippen LogP contribution in [-0.2, 0) is 9.59 Å². The molecule has 4 rings (SSSR count). The minimum atomic E-state index is -0.473. The van der Waals surface area contributed by atoms with Gasteiger partial charge in [0.25, 0.3) is 11.8 Å². The van der Waals surface area contributed by atoms with E-state index in [1.165, 1.54) is 30.0 Å². The summed E-state index contributed by atoms with van der Waals surface area (Å²) in [4.78, 5) is 51.8. The lowest BCUT2D eigenvalue weighted by atomic mass is 10.1. The average Bonchev–Trinajstić information content (AvgIpc) is 3.47.